The van der Waals surface area contributed by atoms with E-state index in [-0.39, 0.29) is 11.4 Å². The van der Waals surface area contributed by atoms with Crippen LogP contribution in [-0.4, -0.2) is 15.9 Å². The Morgan fingerprint density at radius 2 is 1.61 bits per heavy atom. The van der Waals surface area contributed by atoms with Gasteiger partial charge in [0.05, 0.1) is 22.0 Å². The van der Waals surface area contributed by atoms with Crippen molar-refractivity contribution in [3.63, 3.8) is 0 Å². The number of aliphatic imine (C=N–C) groups is 1. The molecule has 0 saturated heterocycles. The Bertz CT molecular complexity index is 1280. The third-order valence-electron chi connectivity index (χ3n) is 4.36. The number of rotatable bonds is 3. The Morgan fingerprint density at radius 1 is 0.893 bits per heavy atom. The molecule has 0 radical (unpaired) electrons. The van der Waals surface area contributed by atoms with Gasteiger partial charge in [0, 0.05) is 22.0 Å². The number of aromatic hydroxyl groups is 1. The largest absolute Gasteiger partial charge is 0.494 e. The second-order valence-corrected chi connectivity index (χ2v) is 6.96. The molecule has 1 heterocycles. The molecule has 6 heteroatoms. The molecule has 4 aromatic rings. The maximum absolute atomic E-state index is 13.0. The van der Waals surface area contributed by atoms with Crippen molar-refractivity contribution in [2.45, 2.75) is 0 Å². The summed E-state index contributed by atoms with van der Waals surface area (Å²) in [6.07, 6.45) is 1.51. The van der Waals surface area contributed by atoms with E-state index in [0.717, 1.165) is 0 Å². The van der Waals surface area contributed by atoms with Crippen molar-refractivity contribution in [2.75, 3.05) is 0 Å². The van der Waals surface area contributed by atoms with Gasteiger partial charge in [-0.2, -0.15) is 0 Å². The lowest BCUT2D eigenvalue weighted by molar-refractivity contribution is 0.436. The standard InChI is InChI=1S/C22H14Cl2N2O2/c23-14-6-5-7-15(12-14)26-21(27)17-9-2-1-8-16(17)18(22(26)28)13-25-20-11-4-3-10-19(20)24/h1-13,28H. The highest BCUT2D eigenvalue weighted by molar-refractivity contribution is 6.33. The fourth-order valence-corrected chi connectivity index (χ4v) is 3.40. The molecule has 0 saturated carbocycles. The Hall–Kier alpha value is -3.08. The summed E-state index contributed by atoms with van der Waals surface area (Å²) in [7, 11) is 0. The monoisotopic (exact) mass is 408 g/mol. The Labute approximate surface area is 170 Å². The van der Waals surface area contributed by atoms with Crippen molar-refractivity contribution in [1.29, 1.82) is 0 Å². The summed E-state index contributed by atoms with van der Waals surface area (Å²) >= 11 is 12.3. The number of aromatic nitrogens is 1. The average molecular weight is 409 g/mol. The normalized spacial score (nSPS) is 11.4. The summed E-state index contributed by atoms with van der Waals surface area (Å²) in [5, 5.41) is 13.0. The van der Waals surface area contributed by atoms with Gasteiger partial charge in [-0.1, -0.05) is 59.6 Å². The van der Waals surface area contributed by atoms with Crippen molar-refractivity contribution in [3.8, 4) is 11.6 Å². The Kier molecular flexibility index (Phi) is 4.90. The van der Waals surface area contributed by atoms with Crippen LogP contribution in [0, 0.1) is 0 Å². The number of nitrogens with zero attached hydrogens (tertiary/aromatic N) is 2. The lowest BCUT2D eigenvalue weighted by Gasteiger charge is -2.14. The van der Waals surface area contributed by atoms with Gasteiger partial charge in [-0.25, -0.2) is 4.57 Å². The molecular weight excluding hydrogens is 395 g/mol. The summed E-state index contributed by atoms with van der Waals surface area (Å²) in [5.74, 6) is -0.221. The van der Waals surface area contributed by atoms with E-state index in [1.54, 1.807) is 60.7 Å². The molecule has 0 atom stereocenters. The van der Waals surface area contributed by atoms with Crippen LogP contribution in [0.15, 0.2) is 82.6 Å². The summed E-state index contributed by atoms with van der Waals surface area (Å²) in [6.45, 7) is 0. The minimum Gasteiger partial charge on any atom is -0.494 e. The van der Waals surface area contributed by atoms with Crippen LogP contribution in [0.25, 0.3) is 16.5 Å². The molecule has 138 valence electrons. The van der Waals surface area contributed by atoms with E-state index in [1.165, 1.54) is 10.8 Å². The third-order valence-corrected chi connectivity index (χ3v) is 4.91. The minimum absolute atomic E-state index is 0.221. The molecule has 3 aromatic carbocycles. The van der Waals surface area contributed by atoms with E-state index in [4.69, 9.17) is 23.2 Å². The summed E-state index contributed by atoms with van der Waals surface area (Å²) < 4.78 is 1.22. The van der Waals surface area contributed by atoms with E-state index < -0.39 is 0 Å². The summed E-state index contributed by atoms with van der Waals surface area (Å²) in [5.41, 5.74) is 1.10. The van der Waals surface area contributed by atoms with Crippen molar-refractivity contribution in [2.24, 2.45) is 4.99 Å². The van der Waals surface area contributed by atoms with Crippen molar-refractivity contribution in [3.05, 3.63) is 98.8 Å². The first-order valence-corrected chi connectivity index (χ1v) is 9.23. The molecule has 0 aliphatic heterocycles. The molecule has 1 aromatic heterocycles. The molecule has 0 aliphatic rings. The number of hydrogen-bond acceptors (Lipinski definition) is 3. The van der Waals surface area contributed by atoms with E-state index in [1.807, 2.05) is 12.1 Å². The maximum atomic E-state index is 13.0. The molecule has 0 fully saturated rings. The molecule has 0 unspecified atom stereocenters. The maximum Gasteiger partial charge on any atom is 0.265 e. The topological polar surface area (TPSA) is 54.6 Å². The molecule has 4 rings (SSSR count). The van der Waals surface area contributed by atoms with Gasteiger partial charge in [-0.15, -0.1) is 0 Å². The van der Waals surface area contributed by atoms with Gasteiger partial charge in [0.2, 0.25) is 5.88 Å². The molecule has 0 amide bonds. The molecule has 28 heavy (non-hydrogen) atoms. The van der Waals surface area contributed by atoms with Gasteiger partial charge < -0.3 is 5.11 Å². The van der Waals surface area contributed by atoms with Crippen LogP contribution in [0.1, 0.15) is 5.56 Å². The summed E-state index contributed by atoms with van der Waals surface area (Å²) in [4.78, 5) is 17.4. The van der Waals surface area contributed by atoms with Crippen LogP contribution in [0.5, 0.6) is 5.88 Å². The molecular formula is C22H14Cl2N2O2. The van der Waals surface area contributed by atoms with Gasteiger partial charge >= 0.3 is 0 Å². The zero-order valence-corrected chi connectivity index (χ0v) is 16.0. The number of halogens is 2. The second kappa shape index (κ2) is 7.50. The van der Waals surface area contributed by atoms with Crippen LogP contribution in [0.3, 0.4) is 0 Å². The third kappa shape index (κ3) is 3.28. The fourth-order valence-electron chi connectivity index (χ4n) is 3.03. The van der Waals surface area contributed by atoms with Crippen LogP contribution < -0.4 is 5.56 Å². The van der Waals surface area contributed by atoms with Crippen LogP contribution in [0.2, 0.25) is 10.0 Å². The predicted molar refractivity (Wildman–Crippen MR) is 115 cm³/mol. The van der Waals surface area contributed by atoms with Crippen molar-refractivity contribution >= 4 is 45.9 Å². The number of para-hydroxylation sites is 1. The van der Waals surface area contributed by atoms with Gasteiger partial charge in [0.15, 0.2) is 0 Å². The average Bonchev–Trinajstić information content (AvgIpc) is 2.69. The van der Waals surface area contributed by atoms with Crippen LogP contribution >= 0.6 is 23.2 Å². The van der Waals surface area contributed by atoms with E-state index in [0.29, 0.717) is 37.8 Å². The number of pyridine rings is 1. The lowest BCUT2D eigenvalue weighted by Crippen LogP contribution is -2.20. The zero-order valence-electron chi connectivity index (χ0n) is 14.5. The SMILES string of the molecule is O=c1c2ccccc2c(C=Nc2ccccc2Cl)c(O)n1-c1cccc(Cl)c1. The predicted octanol–water partition coefficient (Wildman–Crippen LogP) is 5.75. The van der Waals surface area contributed by atoms with Gasteiger partial charge in [0.1, 0.15) is 0 Å². The van der Waals surface area contributed by atoms with E-state index in [2.05, 4.69) is 4.99 Å². The van der Waals surface area contributed by atoms with Gasteiger partial charge in [-0.3, -0.25) is 9.79 Å². The first-order valence-electron chi connectivity index (χ1n) is 8.47. The first kappa shape index (κ1) is 18.3. The molecule has 0 bridgehead atoms. The zero-order chi connectivity index (χ0) is 19.7. The van der Waals surface area contributed by atoms with E-state index in [9.17, 15) is 9.90 Å². The van der Waals surface area contributed by atoms with E-state index >= 15 is 0 Å². The second-order valence-electron chi connectivity index (χ2n) is 6.11. The number of fused-ring (bicyclic) bond motifs is 1. The molecule has 0 aliphatic carbocycles. The first-order chi connectivity index (χ1) is 13.6. The fraction of sp³-hybridized carbons (Fsp3) is 0. The van der Waals surface area contributed by atoms with Crippen molar-refractivity contribution in [1.82, 2.24) is 4.57 Å². The summed E-state index contributed by atoms with van der Waals surface area (Å²) in [6, 6.07) is 20.9. The van der Waals surface area contributed by atoms with Crippen molar-refractivity contribution < 1.29 is 5.11 Å². The minimum atomic E-state index is -0.342. The number of benzene rings is 3. The van der Waals surface area contributed by atoms with Crippen LogP contribution in [0.4, 0.5) is 5.69 Å². The Balaban J connectivity index is 2.01. The number of hydrogen-bond donors (Lipinski definition) is 1. The van der Waals surface area contributed by atoms with Gasteiger partial charge in [-0.05, 0) is 36.4 Å². The lowest BCUT2D eigenvalue weighted by atomic mass is 10.1. The molecule has 0 spiro atoms. The Morgan fingerprint density at radius 3 is 2.36 bits per heavy atom. The van der Waals surface area contributed by atoms with Gasteiger partial charge in [0.25, 0.3) is 5.56 Å². The highest BCUT2D eigenvalue weighted by Gasteiger charge is 2.16. The quantitative estimate of drug-likeness (QED) is 0.438. The molecule has 4 nitrogen and oxygen atoms in total. The highest BCUT2D eigenvalue weighted by atomic mass is 35.5. The highest BCUT2D eigenvalue weighted by Crippen LogP contribution is 2.29. The molecule has 1 N–H and O–H groups in total. The smallest absolute Gasteiger partial charge is 0.265 e. The van der Waals surface area contributed by atoms with Crippen LogP contribution in [-0.2, 0) is 0 Å².